The molecule has 1 aromatic carbocycles. The van der Waals surface area contributed by atoms with Crippen LogP contribution in [0.15, 0.2) is 42.6 Å². The van der Waals surface area contributed by atoms with Gasteiger partial charge in [-0.15, -0.1) is 0 Å². The topological polar surface area (TPSA) is 79.7 Å². The monoisotopic (exact) mass is 394 g/mol. The molecule has 148 valence electrons. The Morgan fingerprint density at radius 1 is 1.18 bits per heavy atom. The van der Waals surface area contributed by atoms with E-state index in [1.165, 1.54) is 29.2 Å². The molecule has 1 amide bonds. The number of hydrogen-bond acceptors (Lipinski definition) is 4. The third-order valence-electron chi connectivity index (χ3n) is 4.66. The van der Waals surface area contributed by atoms with Crippen molar-refractivity contribution in [2.45, 2.75) is 19.5 Å². The Labute approximate surface area is 158 Å². The molecule has 1 saturated heterocycles. The zero-order valence-corrected chi connectivity index (χ0v) is 14.9. The maximum atomic E-state index is 12.5. The number of carboxylic acids is 1. The summed E-state index contributed by atoms with van der Waals surface area (Å²) >= 11 is 0. The molecule has 0 radical (unpaired) electrons. The van der Waals surface area contributed by atoms with Crippen LogP contribution in [0.1, 0.15) is 29.3 Å². The van der Waals surface area contributed by atoms with Gasteiger partial charge in [0.15, 0.2) is 0 Å². The fourth-order valence-corrected chi connectivity index (χ4v) is 2.89. The molecule has 0 bridgehead atoms. The van der Waals surface area contributed by atoms with Crippen LogP contribution in [0, 0.1) is 5.41 Å². The lowest BCUT2D eigenvalue weighted by Gasteiger charge is -2.20. The molecule has 0 spiro atoms. The van der Waals surface area contributed by atoms with E-state index in [1.807, 2.05) is 0 Å². The summed E-state index contributed by atoms with van der Waals surface area (Å²) in [6.07, 6.45) is -3.41. The predicted molar refractivity (Wildman–Crippen MR) is 92.0 cm³/mol. The lowest BCUT2D eigenvalue weighted by atomic mass is 9.90. The summed E-state index contributed by atoms with van der Waals surface area (Å²) in [4.78, 5) is 28.9. The number of aliphatic carboxylic acids is 1. The summed E-state index contributed by atoms with van der Waals surface area (Å²) < 4.78 is 43.0. The third kappa shape index (κ3) is 4.08. The number of alkyl halides is 3. The molecule has 2 aromatic rings. The van der Waals surface area contributed by atoms with E-state index < -0.39 is 23.1 Å². The van der Waals surface area contributed by atoms with Gasteiger partial charge in [0.05, 0.1) is 11.0 Å². The quantitative estimate of drug-likeness (QED) is 0.853. The number of hydrogen-bond donors (Lipinski definition) is 1. The molecule has 2 heterocycles. The Bertz CT molecular complexity index is 882. The summed E-state index contributed by atoms with van der Waals surface area (Å²) in [6, 6.07) is 8.00. The third-order valence-corrected chi connectivity index (χ3v) is 4.66. The largest absolute Gasteiger partial charge is 0.481 e. The fourth-order valence-electron chi connectivity index (χ4n) is 2.89. The first-order valence-electron chi connectivity index (χ1n) is 8.42. The predicted octanol–water partition coefficient (Wildman–Crippen LogP) is 3.83. The van der Waals surface area contributed by atoms with E-state index in [2.05, 4.69) is 4.98 Å². The Morgan fingerprint density at radius 3 is 2.36 bits per heavy atom. The molecular weight excluding hydrogens is 377 g/mol. The van der Waals surface area contributed by atoms with Gasteiger partial charge < -0.3 is 14.7 Å². The minimum atomic E-state index is -4.47. The highest BCUT2D eigenvalue weighted by Gasteiger charge is 2.42. The van der Waals surface area contributed by atoms with E-state index in [-0.39, 0.29) is 18.3 Å². The van der Waals surface area contributed by atoms with E-state index >= 15 is 0 Å². The highest BCUT2D eigenvalue weighted by molar-refractivity contribution is 5.95. The van der Waals surface area contributed by atoms with Gasteiger partial charge in [0.25, 0.3) is 5.91 Å². The van der Waals surface area contributed by atoms with Crippen molar-refractivity contribution < 1.29 is 32.6 Å². The van der Waals surface area contributed by atoms with E-state index in [0.29, 0.717) is 30.5 Å². The molecule has 1 atom stereocenters. The van der Waals surface area contributed by atoms with Crippen LogP contribution in [0.25, 0.3) is 0 Å². The SMILES string of the molecule is CC1(C(=O)O)CCN(C(=O)c2ccc(Oc3ccc(C(F)(F)F)cn3)cc2)C1. The molecule has 1 aliphatic heterocycles. The lowest BCUT2D eigenvalue weighted by molar-refractivity contribution is -0.147. The smallest absolute Gasteiger partial charge is 0.417 e. The number of carbonyl (C=O) groups is 2. The lowest BCUT2D eigenvalue weighted by Crippen LogP contribution is -2.34. The van der Waals surface area contributed by atoms with Gasteiger partial charge in [0.2, 0.25) is 5.88 Å². The van der Waals surface area contributed by atoms with Crippen molar-refractivity contribution in [3.05, 3.63) is 53.7 Å². The average Bonchev–Trinajstić information content (AvgIpc) is 3.05. The first-order chi connectivity index (χ1) is 13.1. The Balaban J connectivity index is 1.65. The number of ether oxygens (including phenoxy) is 1. The van der Waals surface area contributed by atoms with Crippen molar-refractivity contribution in [3.63, 3.8) is 0 Å². The number of carboxylic acid groups (broad SMARTS) is 1. The van der Waals surface area contributed by atoms with E-state index in [4.69, 9.17) is 4.74 Å². The van der Waals surface area contributed by atoms with Crippen molar-refractivity contribution in [1.82, 2.24) is 9.88 Å². The maximum Gasteiger partial charge on any atom is 0.417 e. The van der Waals surface area contributed by atoms with Crippen LogP contribution in [0.2, 0.25) is 0 Å². The van der Waals surface area contributed by atoms with E-state index in [9.17, 15) is 27.9 Å². The molecule has 1 N–H and O–H groups in total. The summed E-state index contributed by atoms with van der Waals surface area (Å²) in [5, 5.41) is 9.26. The second-order valence-corrected chi connectivity index (χ2v) is 6.85. The van der Waals surface area contributed by atoms with Gasteiger partial charge >= 0.3 is 12.1 Å². The minimum Gasteiger partial charge on any atom is -0.481 e. The van der Waals surface area contributed by atoms with E-state index in [0.717, 1.165) is 12.1 Å². The number of carbonyl (C=O) groups excluding carboxylic acids is 1. The van der Waals surface area contributed by atoms with Crippen molar-refractivity contribution >= 4 is 11.9 Å². The number of likely N-dealkylation sites (tertiary alicyclic amines) is 1. The average molecular weight is 394 g/mol. The molecule has 0 saturated carbocycles. The van der Waals surface area contributed by atoms with Gasteiger partial charge in [-0.25, -0.2) is 4.98 Å². The maximum absolute atomic E-state index is 12.5. The van der Waals surface area contributed by atoms with Gasteiger partial charge in [-0.05, 0) is 43.7 Å². The van der Waals surface area contributed by atoms with Crippen LogP contribution in [0.4, 0.5) is 13.2 Å². The van der Waals surface area contributed by atoms with Crippen LogP contribution in [-0.2, 0) is 11.0 Å². The van der Waals surface area contributed by atoms with Crippen LogP contribution < -0.4 is 4.74 Å². The summed E-state index contributed by atoms with van der Waals surface area (Å²) in [5.41, 5.74) is -1.46. The number of amides is 1. The second kappa shape index (κ2) is 7.14. The Hall–Kier alpha value is -3.10. The number of aromatic nitrogens is 1. The van der Waals surface area contributed by atoms with Crippen LogP contribution in [-0.4, -0.2) is 40.0 Å². The van der Waals surface area contributed by atoms with Gasteiger partial charge in [0, 0.05) is 30.9 Å². The highest BCUT2D eigenvalue weighted by atomic mass is 19.4. The molecule has 9 heteroatoms. The van der Waals surface area contributed by atoms with Crippen LogP contribution in [0.5, 0.6) is 11.6 Å². The molecule has 6 nitrogen and oxygen atoms in total. The number of halogens is 3. The van der Waals surface area contributed by atoms with Gasteiger partial charge in [-0.2, -0.15) is 13.2 Å². The standard InChI is InChI=1S/C19H17F3N2O4/c1-18(17(26)27)8-9-24(11-18)16(25)12-2-5-14(6-3-12)28-15-7-4-13(10-23-15)19(20,21)22/h2-7,10H,8-9,11H2,1H3,(H,26,27). The summed E-state index contributed by atoms with van der Waals surface area (Å²) in [7, 11) is 0. The molecule has 1 aliphatic rings. The first kappa shape index (κ1) is 19.7. The molecule has 1 fully saturated rings. The Morgan fingerprint density at radius 2 is 1.86 bits per heavy atom. The second-order valence-electron chi connectivity index (χ2n) is 6.85. The molecule has 1 unspecified atom stereocenters. The number of rotatable bonds is 4. The molecule has 28 heavy (non-hydrogen) atoms. The van der Waals surface area contributed by atoms with Gasteiger partial charge in [-0.1, -0.05) is 0 Å². The fraction of sp³-hybridized carbons (Fsp3) is 0.316. The zero-order chi connectivity index (χ0) is 20.5. The normalized spacial score (nSPS) is 19.5. The van der Waals surface area contributed by atoms with Crippen molar-refractivity contribution in [2.24, 2.45) is 5.41 Å². The van der Waals surface area contributed by atoms with Gasteiger partial charge in [0.1, 0.15) is 5.75 Å². The Kier molecular flexibility index (Phi) is 5.01. The highest BCUT2D eigenvalue weighted by Crippen LogP contribution is 2.32. The molecule has 3 rings (SSSR count). The number of nitrogens with zero attached hydrogens (tertiary/aromatic N) is 2. The summed E-state index contributed by atoms with van der Waals surface area (Å²) in [5.74, 6) is -0.927. The minimum absolute atomic E-state index is 0.0103. The molecule has 1 aromatic heterocycles. The molecule has 0 aliphatic carbocycles. The van der Waals surface area contributed by atoms with Crippen LogP contribution in [0.3, 0.4) is 0 Å². The van der Waals surface area contributed by atoms with Crippen molar-refractivity contribution in [2.75, 3.05) is 13.1 Å². The van der Waals surface area contributed by atoms with E-state index in [1.54, 1.807) is 6.92 Å². The molecular formula is C19H17F3N2O4. The van der Waals surface area contributed by atoms with Crippen molar-refractivity contribution in [1.29, 1.82) is 0 Å². The number of benzene rings is 1. The zero-order valence-electron chi connectivity index (χ0n) is 14.9. The number of pyridine rings is 1. The van der Waals surface area contributed by atoms with Crippen molar-refractivity contribution in [3.8, 4) is 11.6 Å². The van der Waals surface area contributed by atoms with Gasteiger partial charge in [-0.3, -0.25) is 9.59 Å². The van der Waals surface area contributed by atoms with Crippen LogP contribution >= 0.6 is 0 Å². The first-order valence-corrected chi connectivity index (χ1v) is 8.42. The summed E-state index contributed by atoms with van der Waals surface area (Å²) in [6.45, 7) is 2.10.